The number of fused-ring (bicyclic) bond motifs is 4. The third kappa shape index (κ3) is 15.6. The van der Waals surface area contributed by atoms with Crippen LogP contribution in [0.3, 0.4) is 0 Å². The van der Waals surface area contributed by atoms with Gasteiger partial charge in [0.25, 0.3) is 0 Å². The van der Waals surface area contributed by atoms with Gasteiger partial charge < -0.3 is 30.3 Å². The van der Waals surface area contributed by atoms with Gasteiger partial charge in [0.05, 0.1) is 11.1 Å². The molecule has 14 heteroatoms. The molecule has 0 saturated carbocycles. The summed E-state index contributed by atoms with van der Waals surface area (Å²) in [6.07, 6.45) is 18.5. The number of ether oxygens (including phenoxy) is 1. The van der Waals surface area contributed by atoms with Crippen LogP contribution in [-0.4, -0.2) is 55.4 Å². The molecule has 0 unspecified atom stereocenters. The summed E-state index contributed by atoms with van der Waals surface area (Å²) in [7, 11) is 0. The molecule has 0 aliphatic heterocycles. The summed E-state index contributed by atoms with van der Waals surface area (Å²) >= 11 is 5.86. The standard InChI is InChI=1S/C42H45N3O3.C29H27N3O2.C13H19ClO.V/c1-25-20-36(42(3,4)5)38(47)26(2)35(25)24-48-33-18-19-34(37(46)23-33)41-44-39(31-16-14-27-10-6-8-12-29(27)21-31)43-40(45-41)32-17-15-28-11-7-9-13-30(28)22-32;33-24-13-14-25(26(34)17-24)29-31-27(22-11-9-18-5-1-3-7-20(18)15-22)30-28(32-29)23-12-10-19-6-2-4-8-21(19)16-23;1-8-6-11(13(3,4)5)12(15)9(2)10(8)7-14;/h14-23,46-47H,6-13,24H2,1-5H3;9-17,33-34H,1-8H2;6,15H,7H2,1-5H3;. The number of halogens is 1. The summed E-state index contributed by atoms with van der Waals surface area (Å²) in [5.41, 5.74) is 23.6. The smallest absolute Gasteiger partial charge is 0.167 e. The van der Waals surface area contributed by atoms with Gasteiger partial charge in [-0.25, -0.2) is 29.9 Å². The van der Waals surface area contributed by atoms with E-state index in [4.69, 9.17) is 46.2 Å². The monoisotopic (exact) mass is 1370 g/mol. The van der Waals surface area contributed by atoms with Gasteiger partial charge in [0.2, 0.25) is 0 Å². The number of nitrogens with zero attached hydrogens (tertiary/aromatic N) is 6. The van der Waals surface area contributed by atoms with Crippen LogP contribution in [-0.2, 0) is 93.2 Å². The first-order chi connectivity index (χ1) is 46.5. The number of aryl methyl sites for hydroxylation is 10. The number of hydrogen-bond donors (Lipinski definition) is 5. The van der Waals surface area contributed by atoms with E-state index in [2.05, 4.69) is 114 Å². The Hall–Kier alpha value is -8.55. The molecule has 5 N–H and O–H groups in total. The number of alkyl halides is 1. The number of rotatable bonds is 10. The molecule has 505 valence electrons. The van der Waals surface area contributed by atoms with Gasteiger partial charge in [0.15, 0.2) is 34.9 Å². The fraction of sp³-hybridized carbons (Fsp3) is 0.357. The Balaban J connectivity index is 0.000000168. The van der Waals surface area contributed by atoms with Gasteiger partial charge in [-0.05, 0) is 279 Å². The Morgan fingerprint density at radius 2 is 0.684 bits per heavy atom. The van der Waals surface area contributed by atoms with Crippen molar-refractivity contribution in [2.75, 3.05) is 0 Å². The van der Waals surface area contributed by atoms with Crippen molar-refractivity contribution in [3.8, 4) is 103 Å². The van der Waals surface area contributed by atoms with Gasteiger partial charge in [-0.15, -0.1) is 11.6 Å². The predicted molar refractivity (Wildman–Crippen MR) is 390 cm³/mol. The van der Waals surface area contributed by atoms with E-state index in [9.17, 15) is 25.5 Å². The van der Waals surface area contributed by atoms with Crippen molar-refractivity contribution in [2.24, 2.45) is 0 Å². The van der Waals surface area contributed by atoms with Crippen molar-refractivity contribution < 1.29 is 48.8 Å². The second kappa shape index (κ2) is 29.9. The Morgan fingerprint density at radius 3 is 1.02 bits per heavy atom. The fourth-order valence-electron chi connectivity index (χ4n) is 14.3. The van der Waals surface area contributed by atoms with E-state index < -0.39 is 0 Å². The predicted octanol–water partition coefficient (Wildman–Crippen LogP) is 19.6. The Morgan fingerprint density at radius 1 is 0.367 bits per heavy atom. The number of benzene rings is 8. The average molecular weight is 1370 g/mol. The average Bonchev–Trinajstić information content (AvgIpc) is 0.806. The number of hydrogen-bond acceptors (Lipinski definition) is 12. The summed E-state index contributed by atoms with van der Waals surface area (Å²) in [4.78, 5) is 29.3. The quantitative estimate of drug-likeness (QED) is 0.0817. The SMILES string of the molecule is Cc1cc(C(C)(C)C)c(O)c(C)c1CCl.Cc1cc(C(C)(C)C)c(O)c(C)c1COc1ccc(-c2nc(-c3ccc4c(c3)CCCC4)nc(-c3ccc4c(c3)CCCC4)n2)c(O)c1.Oc1ccc(-c2nc(-c3ccc4c(c3)CCCC4)nc(-c3ccc4c(c3)CCCC4)n2)c(O)c1.[V]. The number of aromatic hydroxyl groups is 5. The first kappa shape index (κ1) is 70.8. The van der Waals surface area contributed by atoms with Crippen molar-refractivity contribution in [2.45, 2.75) is 195 Å². The molecular formula is C84H91ClN6O6V. The van der Waals surface area contributed by atoms with Gasteiger partial charge in [-0.3, -0.25) is 0 Å². The normalized spacial score (nSPS) is 14.0. The van der Waals surface area contributed by atoms with Gasteiger partial charge in [0.1, 0.15) is 41.1 Å². The van der Waals surface area contributed by atoms with Gasteiger partial charge in [0, 0.05) is 58.8 Å². The van der Waals surface area contributed by atoms with Crippen LogP contribution >= 0.6 is 11.6 Å². The summed E-state index contributed by atoms with van der Waals surface area (Å²) in [6.45, 7) is 20.8. The van der Waals surface area contributed by atoms with Gasteiger partial charge >= 0.3 is 0 Å². The third-order valence-electron chi connectivity index (χ3n) is 20.1. The van der Waals surface area contributed by atoms with E-state index in [-0.39, 0.29) is 53.2 Å². The van der Waals surface area contributed by atoms with E-state index in [1.54, 1.807) is 12.1 Å². The maximum atomic E-state index is 11.3. The van der Waals surface area contributed by atoms with Crippen LogP contribution in [0.15, 0.2) is 121 Å². The zero-order valence-corrected chi connectivity index (χ0v) is 60.6. The molecule has 98 heavy (non-hydrogen) atoms. The number of aromatic nitrogens is 6. The zero-order chi connectivity index (χ0) is 68.4. The molecule has 0 saturated heterocycles. The minimum Gasteiger partial charge on any atom is -0.508 e. The molecule has 1 radical (unpaired) electrons. The Bertz CT molecular complexity index is 4470. The number of phenolic OH excluding ortho intramolecular Hbond substituents is 5. The maximum absolute atomic E-state index is 11.3. The largest absolute Gasteiger partial charge is 0.508 e. The molecule has 4 aliphatic rings. The fourth-order valence-corrected chi connectivity index (χ4v) is 14.7. The zero-order valence-electron chi connectivity index (χ0n) is 58.4. The molecule has 14 rings (SSSR count). The molecule has 12 nitrogen and oxygen atoms in total. The van der Waals surface area contributed by atoms with Crippen LogP contribution in [0.25, 0.3) is 68.3 Å². The molecule has 2 aromatic heterocycles. The molecule has 0 atom stereocenters. The first-order valence-corrected chi connectivity index (χ1v) is 35.2. The molecule has 4 aliphatic carbocycles. The topological polar surface area (TPSA) is 188 Å². The molecule has 0 spiro atoms. The van der Waals surface area contributed by atoms with E-state index in [0.29, 0.717) is 69.2 Å². The van der Waals surface area contributed by atoms with Crippen LogP contribution in [0.1, 0.15) is 182 Å². The molecular weight excluding hydrogens is 1280 g/mol. The molecule has 10 aromatic rings. The van der Waals surface area contributed by atoms with Crippen LogP contribution in [0, 0.1) is 27.7 Å². The second-order valence-corrected chi connectivity index (χ2v) is 29.3. The van der Waals surface area contributed by atoms with Crippen molar-refractivity contribution in [3.63, 3.8) is 0 Å². The summed E-state index contributed by atoms with van der Waals surface area (Å²) < 4.78 is 6.17. The summed E-state index contributed by atoms with van der Waals surface area (Å²) in [6, 6.07) is 40.0. The minimum atomic E-state index is -0.171. The van der Waals surface area contributed by atoms with Gasteiger partial charge in [-0.1, -0.05) is 102 Å². The van der Waals surface area contributed by atoms with E-state index in [1.807, 2.05) is 52.0 Å². The Labute approximate surface area is 595 Å². The van der Waals surface area contributed by atoms with Crippen molar-refractivity contribution >= 4 is 11.6 Å². The molecule has 2 heterocycles. The third-order valence-corrected chi connectivity index (χ3v) is 20.3. The summed E-state index contributed by atoms with van der Waals surface area (Å²) in [5.74, 6) is 4.87. The second-order valence-electron chi connectivity index (χ2n) is 29.1. The van der Waals surface area contributed by atoms with Crippen molar-refractivity contribution in [1.82, 2.24) is 29.9 Å². The maximum Gasteiger partial charge on any atom is 0.167 e. The van der Waals surface area contributed by atoms with E-state index in [1.165, 1.54) is 108 Å². The van der Waals surface area contributed by atoms with E-state index >= 15 is 0 Å². The van der Waals surface area contributed by atoms with Crippen LogP contribution in [0.5, 0.6) is 34.5 Å². The molecule has 0 amide bonds. The van der Waals surface area contributed by atoms with Crippen molar-refractivity contribution in [1.29, 1.82) is 0 Å². The number of phenols is 5. The molecule has 0 fully saturated rings. The first-order valence-electron chi connectivity index (χ1n) is 34.7. The van der Waals surface area contributed by atoms with Gasteiger partial charge in [-0.2, -0.15) is 0 Å². The Kier molecular flexibility index (Phi) is 21.6. The van der Waals surface area contributed by atoms with Crippen LogP contribution in [0.2, 0.25) is 0 Å². The molecule has 0 bridgehead atoms. The summed E-state index contributed by atoms with van der Waals surface area (Å²) in [5, 5.41) is 52.7. The molecule has 8 aromatic carbocycles. The minimum absolute atomic E-state index is 0. The van der Waals surface area contributed by atoms with E-state index in [0.717, 1.165) is 118 Å². The van der Waals surface area contributed by atoms with Crippen LogP contribution < -0.4 is 4.74 Å². The van der Waals surface area contributed by atoms with Crippen LogP contribution in [0.4, 0.5) is 0 Å². The van der Waals surface area contributed by atoms with Crippen molar-refractivity contribution in [3.05, 3.63) is 210 Å².